The first-order valence-electron chi connectivity index (χ1n) is 8.63. The maximum atomic E-state index is 12.9. The molecule has 0 N–H and O–H groups in total. The lowest BCUT2D eigenvalue weighted by Gasteiger charge is -2.39. The number of hydrogen-bond acceptors (Lipinski definition) is 2. The number of rotatable bonds is 3. The number of fused-ring (bicyclic) bond motifs is 2. The van der Waals surface area contributed by atoms with Gasteiger partial charge in [-0.1, -0.05) is 41.5 Å². The number of carbonyl (C=O) groups is 1. The molecule has 2 bridgehead atoms. The molecule has 0 saturated heterocycles. The minimum absolute atomic E-state index is 0.0200. The summed E-state index contributed by atoms with van der Waals surface area (Å²) < 4.78 is 6.13. The van der Waals surface area contributed by atoms with Gasteiger partial charge in [-0.3, -0.25) is 4.79 Å². The van der Waals surface area contributed by atoms with Crippen molar-refractivity contribution in [1.29, 1.82) is 0 Å². The number of ether oxygens (including phenoxy) is 1. The Hall–Kier alpha value is -0.530. The third kappa shape index (κ3) is 3.81. The summed E-state index contributed by atoms with van der Waals surface area (Å²) in [7, 11) is 0. The van der Waals surface area contributed by atoms with Crippen molar-refractivity contribution in [1.82, 2.24) is 0 Å². The third-order valence-electron chi connectivity index (χ3n) is 5.58. The van der Waals surface area contributed by atoms with Crippen molar-refractivity contribution in [2.24, 2.45) is 28.6 Å². The molecule has 2 nitrogen and oxygen atoms in total. The molecule has 2 aliphatic carbocycles. The summed E-state index contributed by atoms with van der Waals surface area (Å²) in [4.78, 5) is 12.9. The van der Waals surface area contributed by atoms with E-state index in [-0.39, 0.29) is 28.3 Å². The van der Waals surface area contributed by atoms with Crippen LogP contribution in [0.15, 0.2) is 0 Å². The minimum atomic E-state index is -0.193. The molecular weight excluding hydrogens is 260 g/mol. The first kappa shape index (κ1) is 16.8. The molecule has 2 fully saturated rings. The van der Waals surface area contributed by atoms with Crippen LogP contribution in [0.4, 0.5) is 0 Å². The molecule has 2 aliphatic rings. The van der Waals surface area contributed by atoms with Crippen molar-refractivity contribution in [2.75, 3.05) is 0 Å². The molecular formula is C19H34O2. The van der Waals surface area contributed by atoms with Crippen molar-refractivity contribution < 1.29 is 9.53 Å². The summed E-state index contributed by atoms with van der Waals surface area (Å²) in [5.74, 6) is 1.41. The van der Waals surface area contributed by atoms with Gasteiger partial charge in [0.2, 0.25) is 0 Å². The quantitative estimate of drug-likeness (QED) is 0.668. The average Bonchev–Trinajstić information content (AvgIpc) is 2.82. The Kier molecular flexibility index (Phi) is 4.23. The monoisotopic (exact) mass is 294 g/mol. The molecule has 0 heterocycles. The molecule has 4 unspecified atom stereocenters. The zero-order valence-corrected chi connectivity index (χ0v) is 15.1. The van der Waals surface area contributed by atoms with Crippen LogP contribution in [0.25, 0.3) is 0 Å². The van der Waals surface area contributed by atoms with Gasteiger partial charge in [0.1, 0.15) is 5.60 Å². The van der Waals surface area contributed by atoms with Gasteiger partial charge in [-0.05, 0) is 61.7 Å². The van der Waals surface area contributed by atoms with E-state index in [2.05, 4.69) is 48.5 Å². The highest BCUT2D eigenvalue weighted by Gasteiger charge is 2.51. The van der Waals surface area contributed by atoms with Gasteiger partial charge in [0.05, 0.1) is 5.92 Å². The van der Waals surface area contributed by atoms with Crippen LogP contribution in [0.2, 0.25) is 0 Å². The van der Waals surface area contributed by atoms with Crippen LogP contribution >= 0.6 is 0 Å². The Labute approximate surface area is 131 Å². The van der Waals surface area contributed by atoms with E-state index in [1.54, 1.807) is 0 Å². The maximum absolute atomic E-state index is 12.9. The van der Waals surface area contributed by atoms with Crippen molar-refractivity contribution in [3.63, 3.8) is 0 Å². The van der Waals surface area contributed by atoms with Gasteiger partial charge in [-0.2, -0.15) is 0 Å². The number of hydrogen-bond donors (Lipinski definition) is 0. The smallest absolute Gasteiger partial charge is 0.310 e. The van der Waals surface area contributed by atoms with E-state index >= 15 is 0 Å². The lowest BCUT2D eigenvalue weighted by atomic mass is 9.72. The Morgan fingerprint density at radius 2 is 1.81 bits per heavy atom. The predicted molar refractivity (Wildman–Crippen MR) is 87.0 cm³/mol. The Bertz CT molecular complexity index is 399. The SMILES string of the molecule is CC(C)(C)CC(C(=O)OC1(C)CC2CCC1C2)C(C)(C)C. The average molecular weight is 294 g/mol. The van der Waals surface area contributed by atoms with E-state index in [1.807, 2.05) is 0 Å². The topological polar surface area (TPSA) is 26.3 Å². The van der Waals surface area contributed by atoms with Gasteiger partial charge in [-0.25, -0.2) is 0 Å². The molecule has 2 heteroatoms. The molecule has 0 aromatic heterocycles. The molecule has 0 aromatic rings. The molecule has 21 heavy (non-hydrogen) atoms. The van der Waals surface area contributed by atoms with E-state index in [9.17, 15) is 4.79 Å². The van der Waals surface area contributed by atoms with Gasteiger partial charge in [0.15, 0.2) is 0 Å². The maximum Gasteiger partial charge on any atom is 0.310 e. The highest BCUT2D eigenvalue weighted by atomic mass is 16.6. The standard InChI is InChI=1S/C19H34O2/c1-17(2,3)12-15(18(4,5)6)16(20)21-19(7)11-13-8-9-14(19)10-13/h13-15H,8-12H2,1-7H3. The van der Waals surface area contributed by atoms with Gasteiger partial charge >= 0.3 is 5.97 Å². The lowest BCUT2D eigenvalue weighted by molar-refractivity contribution is -0.174. The van der Waals surface area contributed by atoms with Gasteiger partial charge < -0.3 is 4.74 Å². The molecule has 0 amide bonds. The summed E-state index contributed by atoms with van der Waals surface area (Å²) in [6.07, 6.45) is 5.81. The van der Waals surface area contributed by atoms with Crippen molar-refractivity contribution in [3.8, 4) is 0 Å². The highest BCUT2D eigenvalue weighted by Crippen LogP contribution is 2.53. The van der Waals surface area contributed by atoms with Crippen LogP contribution in [0.3, 0.4) is 0 Å². The first-order chi connectivity index (χ1) is 9.41. The van der Waals surface area contributed by atoms with Crippen LogP contribution in [0.1, 0.15) is 80.6 Å². The van der Waals surface area contributed by atoms with Gasteiger partial charge in [-0.15, -0.1) is 0 Å². The minimum Gasteiger partial charge on any atom is -0.459 e. The Balaban J connectivity index is 2.09. The summed E-state index contributed by atoms with van der Waals surface area (Å²) in [5, 5.41) is 0. The fourth-order valence-electron chi connectivity index (χ4n) is 4.34. The molecule has 0 radical (unpaired) electrons. The van der Waals surface area contributed by atoms with Crippen molar-refractivity contribution >= 4 is 5.97 Å². The second-order valence-electron chi connectivity index (χ2n) is 10.00. The zero-order valence-electron chi connectivity index (χ0n) is 15.1. The van der Waals surface area contributed by atoms with Crippen molar-refractivity contribution in [3.05, 3.63) is 0 Å². The second kappa shape index (κ2) is 5.28. The summed E-state index contributed by atoms with van der Waals surface area (Å²) in [6, 6.07) is 0. The van der Waals surface area contributed by atoms with E-state index in [1.165, 1.54) is 19.3 Å². The van der Waals surface area contributed by atoms with Crippen LogP contribution < -0.4 is 0 Å². The number of carbonyl (C=O) groups excluding carboxylic acids is 1. The molecule has 0 aromatic carbocycles. The molecule has 2 saturated carbocycles. The molecule has 2 rings (SSSR count). The van der Waals surface area contributed by atoms with Crippen LogP contribution in [0.5, 0.6) is 0 Å². The fourth-order valence-corrected chi connectivity index (χ4v) is 4.34. The normalized spacial score (nSPS) is 34.0. The van der Waals surface area contributed by atoms with Crippen LogP contribution in [0, 0.1) is 28.6 Å². The van der Waals surface area contributed by atoms with Crippen LogP contribution in [-0.4, -0.2) is 11.6 Å². The molecule has 122 valence electrons. The zero-order chi connectivity index (χ0) is 16.1. The fraction of sp³-hybridized carbons (Fsp3) is 0.947. The number of esters is 1. The molecule has 4 atom stereocenters. The largest absolute Gasteiger partial charge is 0.459 e. The van der Waals surface area contributed by atoms with E-state index < -0.39 is 0 Å². The molecule has 0 spiro atoms. The van der Waals surface area contributed by atoms with Gasteiger partial charge in [0, 0.05) is 0 Å². The van der Waals surface area contributed by atoms with E-state index in [0.717, 1.165) is 18.8 Å². The summed E-state index contributed by atoms with van der Waals surface area (Å²) >= 11 is 0. The van der Waals surface area contributed by atoms with Gasteiger partial charge in [0.25, 0.3) is 0 Å². The third-order valence-corrected chi connectivity index (χ3v) is 5.58. The van der Waals surface area contributed by atoms with Crippen molar-refractivity contribution in [2.45, 2.75) is 86.2 Å². The second-order valence-corrected chi connectivity index (χ2v) is 10.00. The highest BCUT2D eigenvalue weighted by molar-refractivity contribution is 5.74. The Morgan fingerprint density at radius 3 is 2.19 bits per heavy atom. The summed E-state index contributed by atoms with van der Waals surface area (Å²) in [5.41, 5.74) is -0.0910. The molecule has 0 aliphatic heterocycles. The van der Waals surface area contributed by atoms with Crippen LogP contribution in [-0.2, 0) is 9.53 Å². The van der Waals surface area contributed by atoms with E-state index in [4.69, 9.17) is 4.74 Å². The Morgan fingerprint density at radius 1 is 1.19 bits per heavy atom. The lowest BCUT2D eigenvalue weighted by Crippen LogP contribution is -2.42. The summed E-state index contributed by atoms with van der Waals surface area (Å²) in [6.45, 7) is 15.3. The first-order valence-corrected chi connectivity index (χ1v) is 8.63. The van der Waals surface area contributed by atoms with E-state index in [0.29, 0.717) is 5.92 Å². The predicted octanol–water partition coefficient (Wildman–Crippen LogP) is 5.21.